The lowest BCUT2D eigenvalue weighted by molar-refractivity contribution is -0.124. The zero-order chi connectivity index (χ0) is 18.2. The summed E-state index contributed by atoms with van der Waals surface area (Å²) < 4.78 is 5.66. The molecular weight excluding hydrogens is 330 g/mol. The fraction of sp³-hybridized carbons (Fsp3) is 0.476. The van der Waals surface area contributed by atoms with Crippen molar-refractivity contribution in [1.82, 2.24) is 0 Å². The number of amides is 2. The predicted molar refractivity (Wildman–Crippen MR) is 94.8 cm³/mol. The van der Waals surface area contributed by atoms with Crippen molar-refractivity contribution in [2.75, 3.05) is 11.5 Å². The number of benzene rings is 1. The molecule has 0 radical (unpaired) electrons. The molecule has 5 nitrogen and oxygen atoms in total. The molecule has 6 atom stereocenters. The van der Waals surface area contributed by atoms with Crippen LogP contribution in [0.1, 0.15) is 30.6 Å². The number of nitrogens with zero attached hydrogens (tertiary/aromatic N) is 1. The molecule has 2 saturated carbocycles. The number of rotatable bonds is 4. The minimum Gasteiger partial charge on any atom is -0.492 e. The molecule has 1 saturated heterocycles. The van der Waals surface area contributed by atoms with Gasteiger partial charge >= 0.3 is 0 Å². The Hall–Kier alpha value is -2.43. The summed E-state index contributed by atoms with van der Waals surface area (Å²) in [4.78, 5) is 39.7. The third kappa shape index (κ3) is 1.94. The number of allylic oxidation sites excluding steroid dienone is 2. The normalized spacial score (nSPS) is 36.2. The first-order valence-corrected chi connectivity index (χ1v) is 9.36. The van der Waals surface area contributed by atoms with Crippen molar-refractivity contribution in [3.8, 4) is 5.75 Å². The predicted octanol–water partition coefficient (Wildman–Crippen LogP) is 2.85. The van der Waals surface area contributed by atoms with E-state index in [9.17, 15) is 14.4 Å². The molecule has 2 amide bonds. The van der Waals surface area contributed by atoms with Crippen molar-refractivity contribution in [1.29, 1.82) is 0 Å². The molecular formula is C21H21NO4. The Balaban J connectivity index is 1.59. The summed E-state index contributed by atoms with van der Waals surface area (Å²) in [5.74, 6) is 1.10. The van der Waals surface area contributed by atoms with Crippen LogP contribution < -0.4 is 9.64 Å². The third-order valence-corrected chi connectivity index (χ3v) is 6.57. The quantitative estimate of drug-likeness (QED) is 0.475. The Labute approximate surface area is 152 Å². The van der Waals surface area contributed by atoms with Gasteiger partial charge in [-0.3, -0.25) is 14.4 Å². The lowest BCUT2D eigenvalue weighted by Gasteiger charge is -2.37. The van der Waals surface area contributed by atoms with Crippen LogP contribution in [-0.4, -0.2) is 24.2 Å². The first kappa shape index (κ1) is 15.8. The van der Waals surface area contributed by atoms with E-state index in [1.54, 1.807) is 18.2 Å². The van der Waals surface area contributed by atoms with Gasteiger partial charge in [-0.25, -0.2) is 4.90 Å². The molecule has 0 N–H and O–H groups in total. The SMILES string of the molecule is CCOc1ccc(C(C)=O)cc1N1C(=O)C2C3C=CC(C4CC34)C2C1=O. The van der Waals surface area contributed by atoms with E-state index in [-0.39, 0.29) is 41.3 Å². The largest absolute Gasteiger partial charge is 0.492 e. The second-order valence-corrected chi connectivity index (χ2v) is 7.84. The maximum Gasteiger partial charge on any atom is 0.238 e. The van der Waals surface area contributed by atoms with Crippen LogP contribution in [-0.2, 0) is 9.59 Å². The summed E-state index contributed by atoms with van der Waals surface area (Å²) >= 11 is 0. The number of anilines is 1. The van der Waals surface area contributed by atoms with E-state index in [4.69, 9.17) is 4.74 Å². The smallest absolute Gasteiger partial charge is 0.238 e. The monoisotopic (exact) mass is 351 g/mol. The second kappa shape index (κ2) is 5.29. The van der Waals surface area contributed by atoms with Gasteiger partial charge in [-0.2, -0.15) is 0 Å². The summed E-state index contributed by atoms with van der Waals surface area (Å²) in [7, 11) is 0. The van der Waals surface area contributed by atoms with E-state index in [1.165, 1.54) is 11.8 Å². The van der Waals surface area contributed by atoms with Crippen molar-refractivity contribution < 1.29 is 19.1 Å². The lowest BCUT2D eigenvalue weighted by Crippen LogP contribution is -2.40. The van der Waals surface area contributed by atoms with Crippen molar-refractivity contribution >= 4 is 23.3 Å². The average molecular weight is 351 g/mol. The van der Waals surface area contributed by atoms with E-state index in [0.717, 1.165) is 6.42 Å². The highest BCUT2D eigenvalue weighted by atomic mass is 16.5. The summed E-state index contributed by atoms with van der Waals surface area (Å²) in [5, 5.41) is 0. The maximum atomic E-state index is 13.3. The molecule has 6 unspecified atom stereocenters. The average Bonchev–Trinajstić information content (AvgIpc) is 3.40. The summed E-state index contributed by atoms with van der Waals surface area (Å²) in [5.41, 5.74) is 0.889. The van der Waals surface area contributed by atoms with Gasteiger partial charge in [0.05, 0.1) is 24.1 Å². The first-order chi connectivity index (χ1) is 12.5. The Morgan fingerprint density at radius 3 is 2.27 bits per heavy atom. The molecule has 5 heteroatoms. The Kier molecular flexibility index (Phi) is 3.21. The van der Waals surface area contributed by atoms with Gasteiger partial charge in [-0.05, 0) is 62.1 Å². The van der Waals surface area contributed by atoms with Crippen LogP contribution in [0.2, 0.25) is 0 Å². The van der Waals surface area contributed by atoms with Crippen molar-refractivity contribution in [2.24, 2.45) is 35.5 Å². The fourth-order valence-corrected chi connectivity index (χ4v) is 5.38. The standard InChI is InChI=1S/C21H21NO4/c1-3-26-17-7-4-11(10(2)23)8-16(17)22-20(24)18-12-5-6-13(15-9-14(12)15)19(18)21(22)25/h4-8,12-15,18-19H,3,9H2,1-2H3. The van der Waals surface area contributed by atoms with Gasteiger partial charge < -0.3 is 4.74 Å². The lowest BCUT2D eigenvalue weighted by atomic mass is 9.63. The molecule has 4 aliphatic carbocycles. The number of ketones is 1. The molecule has 2 bridgehead atoms. The molecule has 134 valence electrons. The summed E-state index contributed by atoms with van der Waals surface area (Å²) in [6.45, 7) is 3.75. The summed E-state index contributed by atoms with van der Waals surface area (Å²) in [6.07, 6.45) is 5.45. The topological polar surface area (TPSA) is 63.7 Å². The number of Topliss-reactive ketones (excluding diaryl/α,β-unsaturated/α-hetero) is 1. The molecule has 1 aromatic carbocycles. The molecule has 0 aromatic heterocycles. The number of ether oxygens (including phenoxy) is 1. The van der Waals surface area contributed by atoms with Crippen molar-refractivity contribution in [3.63, 3.8) is 0 Å². The Bertz CT molecular complexity index is 837. The van der Waals surface area contributed by atoms with E-state index in [2.05, 4.69) is 12.2 Å². The van der Waals surface area contributed by atoms with Gasteiger partial charge in [0.25, 0.3) is 0 Å². The molecule has 6 rings (SSSR count). The molecule has 5 aliphatic rings. The van der Waals surface area contributed by atoms with Crippen LogP contribution in [0.5, 0.6) is 5.75 Å². The van der Waals surface area contributed by atoms with E-state index >= 15 is 0 Å². The maximum absolute atomic E-state index is 13.3. The molecule has 1 aliphatic heterocycles. The van der Waals surface area contributed by atoms with Gasteiger partial charge in [0.1, 0.15) is 5.75 Å². The number of hydrogen-bond donors (Lipinski definition) is 0. The number of carbonyl (C=O) groups is 3. The Morgan fingerprint density at radius 2 is 1.73 bits per heavy atom. The van der Waals surface area contributed by atoms with E-state index < -0.39 is 0 Å². The molecule has 3 fully saturated rings. The zero-order valence-corrected chi connectivity index (χ0v) is 14.8. The van der Waals surface area contributed by atoms with E-state index in [1.807, 2.05) is 6.92 Å². The number of carbonyl (C=O) groups excluding carboxylic acids is 3. The van der Waals surface area contributed by atoms with Crippen LogP contribution in [0.25, 0.3) is 0 Å². The second-order valence-electron chi connectivity index (χ2n) is 7.84. The fourth-order valence-electron chi connectivity index (χ4n) is 5.38. The minimum absolute atomic E-state index is 0.103. The highest BCUT2D eigenvalue weighted by molar-refractivity contribution is 6.23. The van der Waals surface area contributed by atoms with Crippen LogP contribution in [0.4, 0.5) is 5.69 Å². The van der Waals surface area contributed by atoms with Crippen molar-refractivity contribution in [2.45, 2.75) is 20.3 Å². The first-order valence-electron chi connectivity index (χ1n) is 9.36. The van der Waals surface area contributed by atoms with Gasteiger partial charge in [0.15, 0.2) is 5.78 Å². The van der Waals surface area contributed by atoms with Gasteiger partial charge in [0, 0.05) is 5.56 Å². The highest BCUT2D eigenvalue weighted by Crippen LogP contribution is 2.65. The molecule has 0 spiro atoms. The number of hydrogen-bond acceptors (Lipinski definition) is 4. The van der Waals surface area contributed by atoms with Crippen LogP contribution in [0.3, 0.4) is 0 Å². The third-order valence-electron chi connectivity index (χ3n) is 6.57. The van der Waals surface area contributed by atoms with E-state index in [0.29, 0.717) is 35.4 Å². The van der Waals surface area contributed by atoms with Gasteiger partial charge in [-0.1, -0.05) is 12.2 Å². The van der Waals surface area contributed by atoms with Crippen LogP contribution in [0.15, 0.2) is 30.4 Å². The van der Waals surface area contributed by atoms with Gasteiger partial charge in [-0.15, -0.1) is 0 Å². The molecule has 1 heterocycles. The number of imide groups is 1. The molecule has 1 aromatic rings. The molecule has 26 heavy (non-hydrogen) atoms. The summed E-state index contributed by atoms with van der Waals surface area (Å²) in [6, 6.07) is 4.98. The zero-order valence-electron chi connectivity index (χ0n) is 14.8. The Morgan fingerprint density at radius 1 is 1.12 bits per heavy atom. The minimum atomic E-state index is -0.253. The highest BCUT2D eigenvalue weighted by Gasteiger charge is 2.67. The van der Waals surface area contributed by atoms with Crippen LogP contribution >= 0.6 is 0 Å². The van der Waals surface area contributed by atoms with Crippen molar-refractivity contribution in [3.05, 3.63) is 35.9 Å². The van der Waals surface area contributed by atoms with Gasteiger partial charge in [0.2, 0.25) is 11.8 Å². The van der Waals surface area contributed by atoms with Crippen LogP contribution in [0, 0.1) is 35.5 Å².